The maximum atomic E-state index is 5.82. The molecule has 0 amide bonds. The number of rotatable bonds is 5. The summed E-state index contributed by atoms with van der Waals surface area (Å²) in [6, 6.07) is 10.3. The minimum absolute atomic E-state index is 0.145. The molecule has 0 saturated carbocycles. The van der Waals surface area contributed by atoms with E-state index in [1.807, 2.05) is 18.2 Å². The van der Waals surface area contributed by atoms with Crippen molar-refractivity contribution in [2.75, 3.05) is 6.26 Å². The highest BCUT2D eigenvalue weighted by Crippen LogP contribution is 2.37. The topological polar surface area (TPSA) is 9.23 Å². The Kier molecular flexibility index (Phi) is 5.45. The fourth-order valence-corrected chi connectivity index (χ4v) is 2.81. The first-order valence-corrected chi connectivity index (χ1v) is 7.26. The van der Waals surface area contributed by atoms with E-state index in [2.05, 4.69) is 32.2 Å². The van der Waals surface area contributed by atoms with Crippen LogP contribution in [-0.4, -0.2) is 12.4 Å². The molecule has 0 aromatic heterocycles. The monoisotopic (exact) mass is 228 g/mol. The first kappa shape index (κ1) is 12.0. The zero-order valence-electron chi connectivity index (χ0n) is 8.77. The van der Waals surface area contributed by atoms with Crippen molar-refractivity contribution in [2.24, 2.45) is 0 Å². The molecule has 0 spiro atoms. The molecule has 0 heterocycles. The van der Waals surface area contributed by atoms with Crippen molar-refractivity contribution >= 4 is 21.6 Å². The molecule has 1 aromatic rings. The number of hydrogen-bond donors (Lipinski definition) is 0. The second-order valence-corrected chi connectivity index (χ2v) is 5.72. The van der Waals surface area contributed by atoms with Crippen molar-refractivity contribution in [3.05, 3.63) is 35.9 Å². The number of hydrogen-bond acceptors (Lipinski definition) is 3. The molecule has 0 aliphatic heterocycles. The zero-order valence-corrected chi connectivity index (χ0v) is 10.4. The van der Waals surface area contributed by atoms with Gasteiger partial charge in [0.1, 0.15) is 5.44 Å². The molecular formula is C11H16OS2. The van der Waals surface area contributed by atoms with Crippen LogP contribution < -0.4 is 0 Å². The van der Waals surface area contributed by atoms with Gasteiger partial charge in [-0.15, -0.1) is 0 Å². The second-order valence-electron chi connectivity index (χ2n) is 3.19. The average molecular weight is 228 g/mol. The third-order valence-electron chi connectivity index (χ3n) is 1.65. The largest absolute Gasteiger partial charge is 0.359 e. The molecule has 1 aromatic carbocycles. The third kappa shape index (κ3) is 3.95. The van der Waals surface area contributed by atoms with E-state index in [1.165, 1.54) is 5.56 Å². The van der Waals surface area contributed by atoms with Gasteiger partial charge in [-0.1, -0.05) is 51.9 Å². The predicted octanol–water partition coefficient (Wildman–Crippen LogP) is 4.12. The van der Waals surface area contributed by atoms with Gasteiger partial charge in [-0.25, -0.2) is 0 Å². The summed E-state index contributed by atoms with van der Waals surface area (Å²) in [5, 5.41) is 0. The van der Waals surface area contributed by atoms with Crippen LogP contribution >= 0.6 is 21.6 Å². The lowest BCUT2D eigenvalue weighted by Crippen LogP contribution is -2.06. The third-order valence-corrected chi connectivity index (χ3v) is 3.50. The summed E-state index contributed by atoms with van der Waals surface area (Å²) >= 11 is 0. The molecule has 1 unspecified atom stereocenters. The summed E-state index contributed by atoms with van der Waals surface area (Å²) in [6.45, 7) is 4.13. The molecule has 14 heavy (non-hydrogen) atoms. The van der Waals surface area contributed by atoms with Crippen LogP contribution in [0.5, 0.6) is 0 Å². The van der Waals surface area contributed by atoms with Crippen molar-refractivity contribution in [3.63, 3.8) is 0 Å². The van der Waals surface area contributed by atoms with Crippen LogP contribution in [0, 0.1) is 0 Å². The molecule has 0 bridgehead atoms. The molecule has 0 fully saturated rings. The van der Waals surface area contributed by atoms with Crippen molar-refractivity contribution in [1.82, 2.24) is 0 Å². The van der Waals surface area contributed by atoms with Gasteiger partial charge in [0, 0.05) is 0 Å². The maximum Gasteiger partial charge on any atom is 0.138 e. The number of ether oxygens (including phenoxy) is 1. The van der Waals surface area contributed by atoms with E-state index in [4.69, 9.17) is 4.74 Å². The molecule has 0 aliphatic carbocycles. The van der Waals surface area contributed by atoms with E-state index in [0.29, 0.717) is 0 Å². The Labute approximate surface area is 94.0 Å². The Balaban J connectivity index is 2.67. The number of benzene rings is 1. The molecule has 3 heteroatoms. The molecule has 1 atom stereocenters. The highest BCUT2D eigenvalue weighted by molar-refractivity contribution is 8.76. The maximum absolute atomic E-state index is 5.82. The average Bonchev–Trinajstić information content (AvgIpc) is 2.18. The quantitative estimate of drug-likeness (QED) is 0.554. The van der Waals surface area contributed by atoms with Crippen molar-refractivity contribution in [1.29, 1.82) is 0 Å². The van der Waals surface area contributed by atoms with Gasteiger partial charge >= 0.3 is 0 Å². The summed E-state index contributed by atoms with van der Waals surface area (Å²) in [5.41, 5.74) is 1.38. The van der Waals surface area contributed by atoms with Gasteiger partial charge < -0.3 is 4.74 Å². The Morgan fingerprint density at radius 2 is 1.79 bits per heavy atom. The van der Waals surface area contributed by atoms with Crippen LogP contribution in [0.4, 0.5) is 0 Å². The molecule has 0 saturated heterocycles. The SMILES string of the molecule is CSSC(OC(C)C)c1ccccc1. The Morgan fingerprint density at radius 1 is 1.14 bits per heavy atom. The second kappa shape index (κ2) is 6.38. The van der Waals surface area contributed by atoms with Crippen molar-refractivity contribution in [3.8, 4) is 0 Å². The highest BCUT2D eigenvalue weighted by atomic mass is 33.1. The first-order chi connectivity index (χ1) is 6.74. The Hall–Kier alpha value is -0.120. The van der Waals surface area contributed by atoms with Gasteiger partial charge in [0.2, 0.25) is 0 Å². The van der Waals surface area contributed by atoms with E-state index in [1.54, 1.807) is 21.6 Å². The highest BCUT2D eigenvalue weighted by Gasteiger charge is 2.13. The van der Waals surface area contributed by atoms with Gasteiger partial charge in [0.15, 0.2) is 0 Å². The summed E-state index contributed by atoms with van der Waals surface area (Å²) in [4.78, 5) is 0. The van der Waals surface area contributed by atoms with Crippen LogP contribution in [0.2, 0.25) is 0 Å². The fraction of sp³-hybridized carbons (Fsp3) is 0.455. The zero-order chi connectivity index (χ0) is 10.4. The molecule has 0 radical (unpaired) electrons. The van der Waals surface area contributed by atoms with Crippen molar-refractivity contribution < 1.29 is 4.74 Å². The van der Waals surface area contributed by atoms with Crippen LogP contribution in [0.25, 0.3) is 0 Å². The van der Waals surface area contributed by atoms with Gasteiger partial charge in [-0.3, -0.25) is 0 Å². The molecule has 78 valence electrons. The van der Waals surface area contributed by atoms with Gasteiger partial charge in [-0.05, 0) is 25.7 Å². The van der Waals surface area contributed by atoms with Gasteiger partial charge in [-0.2, -0.15) is 0 Å². The van der Waals surface area contributed by atoms with Gasteiger partial charge in [0.25, 0.3) is 0 Å². The standard InChI is InChI=1S/C11H16OS2/c1-9(2)12-11(14-13-3)10-7-5-4-6-8-10/h4-9,11H,1-3H3. The van der Waals surface area contributed by atoms with Crippen LogP contribution in [0.1, 0.15) is 24.8 Å². The predicted molar refractivity (Wildman–Crippen MR) is 66.5 cm³/mol. The normalized spacial score (nSPS) is 13.1. The Bertz CT molecular complexity index is 249. The smallest absolute Gasteiger partial charge is 0.138 e. The van der Waals surface area contributed by atoms with Gasteiger partial charge in [0.05, 0.1) is 6.10 Å². The van der Waals surface area contributed by atoms with Crippen LogP contribution in [0.3, 0.4) is 0 Å². The van der Waals surface area contributed by atoms with E-state index in [0.717, 1.165) is 0 Å². The fourth-order valence-electron chi connectivity index (χ4n) is 1.10. The molecule has 0 N–H and O–H groups in total. The summed E-state index contributed by atoms with van der Waals surface area (Å²) < 4.78 is 5.82. The Morgan fingerprint density at radius 3 is 2.29 bits per heavy atom. The van der Waals surface area contributed by atoms with E-state index >= 15 is 0 Å². The van der Waals surface area contributed by atoms with E-state index < -0.39 is 0 Å². The summed E-state index contributed by atoms with van der Waals surface area (Å²) in [7, 11) is 3.49. The van der Waals surface area contributed by atoms with Crippen LogP contribution in [0.15, 0.2) is 30.3 Å². The van der Waals surface area contributed by atoms with Crippen molar-refractivity contribution in [2.45, 2.75) is 25.4 Å². The molecular weight excluding hydrogens is 212 g/mol. The molecule has 1 rings (SSSR count). The molecule has 0 aliphatic rings. The van der Waals surface area contributed by atoms with E-state index in [-0.39, 0.29) is 11.5 Å². The van der Waals surface area contributed by atoms with Crippen LogP contribution in [-0.2, 0) is 4.74 Å². The minimum Gasteiger partial charge on any atom is -0.359 e. The summed E-state index contributed by atoms with van der Waals surface area (Å²) in [6.07, 6.45) is 2.34. The molecule has 1 nitrogen and oxygen atoms in total. The summed E-state index contributed by atoms with van der Waals surface area (Å²) in [5.74, 6) is 0. The lowest BCUT2D eigenvalue weighted by atomic mass is 10.2. The van der Waals surface area contributed by atoms with E-state index in [9.17, 15) is 0 Å². The first-order valence-electron chi connectivity index (χ1n) is 4.64. The lowest BCUT2D eigenvalue weighted by molar-refractivity contribution is 0.0600. The minimum atomic E-state index is 0.145. The lowest BCUT2D eigenvalue weighted by Gasteiger charge is -2.18.